The first-order valence-corrected chi connectivity index (χ1v) is 10.6. The molecule has 4 aromatic heterocycles. The Labute approximate surface area is 198 Å². The summed E-state index contributed by atoms with van der Waals surface area (Å²) >= 11 is 0. The number of pyridine rings is 3. The Morgan fingerprint density at radius 2 is 1.80 bits per heavy atom. The zero-order valence-electron chi connectivity index (χ0n) is 19.0. The van der Waals surface area contributed by atoms with Crippen LogP contribution in [0.5, 0.6) is 0 Å². The summed E-state index contributed by atoms with van der Waals surface area (Å²) in [7, 11) is 1.52. The Kier molecular flexibility index (Phi) is 6.25. The smallest absolute Gasteiger partial charge is 0.354 e. The highest BCUT2D eigenvalue weighted by Gasteiger charge is 2.31. The minimum atomic E-state index is -4.52. The summed E-state index contributed by atoms with van der Waals surface area (Å²) in [5, 5.41) is 6.81. The van der Waals surface area contributed by atoms with Gasteiger partial charge < -0.3 is 5.32 Å². The van der Waals surface area contributed by atoms with E-state index in [0.29, 0.717) is 28.4 Å². The minimum absolute atomic E-state index is 0.112. The van der Waals surface area contributed by atoms with Crippen molar-refractivity contribution in [2.75, 3.05) is 11.9 Å². The van der Waals surface area contributed by atoms with Crippen molar-refractivity contribution in [1.29, 1.82) is 0 Å². The van der Waals surface area contributed by atoms with Gasteiger partial charge in [0.2, 0.25) is 0 Å². The van der Waals surface area contributed by atoms with Crippen molar-refractivity contribution in [1.82, 2.24) is 24.9 Å². The molecule has 11 heteroatoms. The summed E-state index contributed by atoms with van der Waals surface area (Å²) in [6.45, 7) is 3.50. The van der Waals surface area contributed by atoms with E-state index in [0.717, 1.165) is 6.07 Å². The van der Waals surface area contributed by atoms with Crippen LogP contribution in [0.25, 0.3) is 16.6 Å². The van der Waals surface area contributed by atoms with Gasteiger partial charge in [0.25, 0.3) is 11.8 Å². The molecule has 35 heavy (non-hydrogen) atoms. The molecule has 180 valence electrons. The van der Waals surface area contributed by atoms with Gasteiger partial charge in [-0.05, 0) is 44.2 Å². The van der Waals surface area contributed by atoms with Gasteiger partial charge in [-0.25, -0.2) is 9.50 Å². The number of aromatic nitrogens is 4. The zero-order valence-corrected chi connectivity index (χ0v) is 19.0. The van der Waals surface area contributed by atoms with E-state index in [4.69, 9.17) is 0 Å². The quantitative estimate of drug-likeness (QED) is 0.460. The molecule has 8 nitrogen and oxygen atoms in total. The van der Waals surface area contributed by atoms with Crippen LogP contribution in [0.2, 0.25) is 0 Å². The van der Waals surface area contributed by atoms with E-state index in [2.05, 4.69) is 20.4 Å². The number of carbonyl (C=O) groups excluding carboxylic acids is 2. The second kappa shape index (κ2) is 9.16. The van der Waals surface area contributed by atoms with Crippen molar-refractivity contribution in [2.45, 2.75) is 26.1 Å². The van der Waals surface area contributed by atoms with Crippen molar-refractivity contribution in [3.63, 3.8) is 0 Å². The van der Waals surface area contributed by atoms with Gasteiger partial charge in [0.1, 0.15) is 11.5 Å². The van der Waals surface area contributed by atoms with Crippen molar-refractivity contribution in [3.05, 3.63) is 78.0 Å². The number of alkyl halides is 3. The van der Waals surface area contributed by atoms with Gasteiger partial charge >= 0.3 is 6.18 Å². The monoisotopic (exact) mass is 482 g/mol. The number of halogens is 3. The lowest BCUT2D eigenvalue weighted by molar-refractivity contribution is -0.137. The van der Waals surface area contributed by atoms with Crippen LogP contribution in [0.3, 0.4) is 0 Å². The van der Waals surface area contributed by atoms with Crippen LogP contribution in [0.4, 0.5) is 19.0 Å². The summed E-state index contributed by atoms with van der Waals surface area (Å²) in [4.78, 5) is 34.6. The van der Waals surface area contributed by atoms with Crippen LogP contribution >= 0.6 is 0 Å². The number of hydrogen-bond acceptors (Lipinski definition) is 5. The van der Waals surface area contributed by atoms with Crippen molar-refractivity contribution in [2.24, 2.45) is 0 Å². The van der Waals surface area contributed by atoms with E-state index < -0.39 is 17.6 Å². The maximum absolute atomic E-state index is 13.4. The van der Waals surface area contributed by atoms with Gasteiger partial charge in [0.15, 0.2) is 0 Å². The Balaban J connectivity index is 1.69. The maximum atomic E-state index is 13.4. The summed E-state index contributed by atoms with van der Waals surface area (Å²) < 4.78 is 40.4. The first-order chi connectivity index (χ1) is 16.6. The number of hydrogen-bond donors (Lipinski definition) is 1. The molecule has 1 N–H and O–H groups in total. The largest absolute Gasteiger partial charge is 0.417 e. The third kappa shape index (κ3) is 4.70. The molecule has 0 aliphatic rings. The van der Waals surface area contributed by atoms with Crippen LogP contribution in [0.1, 0.15) is 40.3 Å². The molecule has 4 rings (SSSR count). The molecule has 0 aromatic carbocycles. The van der Waals surface area contributed by atoms with E-state index in [1.807, 2.05) is 0 Å². The summed E-state index contributed by atoms with van der Waals surface area (Å²) in [5.41, 5.74) is 1.69. The van der Waals surface area contributed by atoms with Crippen molar-refractivity contribution >= 4 is 23.1 Å². The van der Waals surface area contributed by atoms with E-state index in [1.54, 1.807) is 61.2 Å². The lowest BCUT2D eigenvalue weighted by atomic mass is 10.1. The highest BCUT2D eigenvalue weighted by atomic mass is 19.4. The predicted molar refractivity (Wildman–Crippen MR) is 123 cm³/mol. The summed E-state index contributed by atoms with van der Waals surface area (Å²) in [6, 6.07) is 8.27. The molecule has 0 radical (unpaired) electrons. The molecule has 0 saturated carbocycles. The lowest BCUT2D eigenvalue weighted by Crippen LogP contribution is -2.37. The highest BCUT2D eigenvalue weighted by Crippen LogP contribution is 2.30. The third-order valence-corrected chi connectivity index (χ3v) is 5.36. The second-order valence-corrected chi connectivity index (χ2v) is 7.99. The molecule has 0 unspecified atom stereocenters. The van der Waals surface area contributed by atoms with E-state index in [-0.39, 0.29) is 23.5 Å². The van der Waals surface area contributed by atoms with Gasteiger partial charge in [-0.3, -0.25) is 19.5 Å². The SMILES string of the molecule is CNC(=O)c1ccc(-c2cnn3ccc(C(=O)N(c4ccc(C(F)(F)F)cn4)C(C)C)cc23)cn1. The van der Waals surface area contributed by atoms with E-state index in [9.17, 15) is 22.8 Å². The molecule has 2 amide bonds. The number of amides is 2. The Morgan fingerprint density at radius 3 is 2.37 bits per heavy atom. The van der Waals surface area contributed by atoms with Gasteiger partial charge in [-0.2, -0.15) is 18.3 Å². The molecule has 0 aliphatic heterocycles. The highest BCUT2D eigenvalue weighted by molar-refractivity contribution is 6.07. The first-order valence-electron chi connectivity index (χ1n) is 10.6. The van der Waals surface area contributed by atoms with Crippen LogP contribution < -0.4 is 10.2 Å². The lowest BCUT2D eigenvalue weighted by Gasteiger charge is -2.26. The molecule has 0 spiro atoms. The second-order valence-electron chi connectivity index (χ2n) is 7.99. The predicted octanol–water partition coefficient (Wildman–Crippen LogP) is 4.22. The summed E-state index contributed by atoms with van der Waals surface area (Å²) in [5.74, 6) is -0.620. The van der Waals surface area contributed by atoms with Crippen molar-refractivity contribution in [3.8, 4) is 11.1 Å². The fourth-order valence-electron chi connectivity index (χ4n) is 3.59. The number of nitrogens with zero attached hydrogens (tertiary/aromatic N) is 5. The molecule has 0 fully saturated rings. The molecule has 4 aromatic rings. The summed E-state index contributed by atoms with van der Waals surface area (Å²) in [6.07, 6.45) is 0.984. The van der Waals surface area contributed by atoms with Crippen LogP contribution in [0, 0.1) is 0 Å². The topological polar surface area (TPSA) is 92.5 Å². The van der Waals surface area contributed by atoms with E-state index >= 15 is 0 Å². The fourth-order valence-corrected chi connectivity index (χ4v) is 3.59. The third-order valence-electron chi connectivity index (χ3n) is 5.36. The Morgan fingerprint density at radius 1 is 1.03 bits per heavy atom. The van der Waals surface area contributed by atoms with Crippen LogP contribution in [-0.2, 0) is 6.18 Å². The zero-order chi connectivity index (χ0) is 25.3. The van der Waals surface area contributed by atoms with Crippen molar-refractivity contribution < 1.29 is 22.8 Å². The Bertz CT molecular complexity index is 1380. The van der Waals surface area contributed by atoms with Gasteiger partial charge in [-0.1, -0.05) is 6.07 Å². The standard InChI is InChI=1S/C24H21F3N6O2/c1-14(2)33(21-7-5-17(12-30-21)24(25,26)27)23(35)15-8-9-32-20(10-15)18(13-31-32)16-4-6-19(29-11-16)22(34)28-3/h4-14H,1-3H3,(H,28,34). The fraction of sp³-hybridized carbons (Fsp3) is 0.208. The average molecular weight is 482 g/mol. The Hall–Kier alpha value is -4.28. The average Bonchev–Trinajstić information content (AvgIpc) is 3.26. The minimum Gasteiger partial charge on any atom is -0.354 e. The van der Waals surface area contributed by atoms with Crippen LogP contribution in [-0.4, -0.2) is 44.5 Å². The molecule has 4 heterocycles. The van der Waals surface area contributed by atoms with Crippen LogP contribution in [0.15, 0.2) is 61.2 Å². The van der Waals surface area contributed by atoms with Gasteiger partial charge in [-0.15, -0.1) is 0 Å². The first kappa shape index (κ1) is 23.9. The molecule has 0 bridgehead atoms. The maximum Gasteiger partial charge on any atom is 0.417 e. The number of carbonyl (C=O) groups is 2. The van der Waals surface area contributed by atoms with Gasteiger partial charge in [0, 0.05) is 48.4 Å². The molecular formula is C24H21F3N6O2. The molecular weight excluding hydrogens is 461 g/mol. The van der Waals surface area contributed by atoms with E-state index in [1.165, 1.54) is 18.0 Å². The number of rotatable bonds is 5. The molecule has 0 saturated heterocycles. The van der Waals surface area contributed by atoms with Gasteiger partial charge in [0.05, 0.1) is 17.3 Å². The number of anilines is 1. The number of nitrogens with one attached hydrogen (secondary N) is 1. The molecule has 0 atom stereocenters. The number of fused-ring (bicyclic) bond motifs is 1. The molecule has 0 aliphatic carbocycles. The normalized spacial score (nSPS) is 11.6.